The predicted octanol–water partition coefficient (Wildman–Crippen LogP) is 2.39. The van der Waals surface area contributed by atoms with Crippen LogP contribution in [0.2, 0.25) is 0 Å². The summed E-state index contributed by atoms with van der Waals surface area (Å²) < 4.78 is 0. The lowest BCUT2D eigenvalue weighted by Gasteiger charge is -2.35. The van der Waals surface area contributed by atoms with E-state index in [9.17, 15) is 19.5 Å². The minimum Gasteiger partial charge on any atom is -0.391 e. The number of nitrogens with zero attached hydrogens (tertiary/aromatic N) is 2. The standard InChI is InChI=1S/C26H37N5O4S.ClH/c1-16-22(36-15-29-16)18-9-7-17(8-10-18)13-28-24(34)20-12-19(32)14-31(20)25(35)23(26(2,3)4)30-21(33)6-5-11-27;/h7-10,15,19-20,23,32H,5-6,11-14,27H2,1-4H3,(H,28,34)(H,30,33);1H/t19-,20+,23-;/m1./s1. The zero-order valence-corrected chi connectivity index (χ0v) is 23.5. The van der Waals surface area contributed by atoms with Gasteiger partial charge in [0, 0.05) is 25.9 Å². The fourth-order valence-electron chi connectivity index (χ4n) is 4.28. The summed E-state index contributed by atoms with van der Waals surface area (Å²) in [5, 5.41) is 16.0. The van der Waals surface area contributed by atoms with Crippen LogP contribution < -0.4 is 16.4 Å². The van der Waals surface area contributed by atoms with Gasteiger partial charge < -0.3 is 26.4 Å². The van der Waals surface area contributed by atoms with E-state index in [1.807, 2.05) is 57.5 Å². The monoisotopic (exact) mass is 551 g/mol. The van der Waals surface area contributed by atoms with Crippen molar-refractivity contribution >= 4 is 41.5 Å². The van der Waals surface area contributed by atoms with Crippen molar-refractivity contribution < 1.29 is 19.5 Å². The summed E-state index contributed by atoms with van der Waals surface area (Å²) in [7, 11) is 0. The number of rotatable bonds is 9. The molecule has 3 rings (SSSR count). The quantitative estimate of drug-likeness (QED) is 0.377. The molecular weight excluding hydrogens is 514 g/mol. The smallest absolute Gasteiger partial charge is 0.246 e. The number of amides is 3. The van der Waals surface area contributed by atoms with E-state index in [2.05, 4.69) is 15.6 Å². The minimum absolute atomic E-state index is 0. The van der Waals surface area contributed by atoms with Gasteiger partial charge in [-0.25, -0.2) is 4.98 Å². The summed E-state index contributed by atoms with van der Waals surface area (Å²) in [5.74, 6) is -0.958. The number of likely N-dealkylation sites (tertiary alicyclic amines) is 1. The van der Waals surface area contributed by atoms with Crippen molar-refractivity contribution in [1.82, 2.24) is 20.5 Å². The summed E-state index contributed by atoms with van der Waals surface area (Å²) in [6.45, 7) is 8.28. The highest BCUT2D eigenvalue weighted by Crippen LogP contribution is 2.28. The van der Waals surface area contributed by atoms with E-state index in [1.165, 1.54) is 4.90 Å². The predicted molar refractivity (Wildman–Crippen MR) is 147 cm³/mol. The Labute approximate surface area is 228 Å². The fourth-order valence-corrected chi connectivity index (χ4v) is 5.09. The molecule has 1 aliphatic heterocycles. The molecule has 37 heavy (non-hydrogen) atoms. The molecule has 1 saturated heterocycles. The lowest BCUT2D eigenvalue weighted by molar-refractivity contribution is -0.144. The second-order valence-electron chi connectivity index (χ2n) is 10.3. The number of thiazole rings is 1. The third kappa shape index (κ3) is 7.98. The molecule has 1 fully saturated rings. The van der Waals surface area contributed by atoms with Crippen LogP contribution in [0.4, 0.5) is 0 Å². The Balaban J connectivity index is 0.00000481. The van der Waals surface area contributed by atoms with Gasteiger partial charge in [0.1, 0.15) is 12.1 Å². The highest BCUT2D eigenvalue weighted by Gasteiger charge is 2.44. The van der Waals surface area contributed by atoms with Gasteiger partial charge in [0.25, 0.3) is 0 Å². The summed E-state index contributed by atoms with van der Waals surface area (Å²) in [5.41, 5.74) is 9.71. The Morgan fingerprint density at radius 2 is 1.92 bits per heavy atom. The van der Waals surface area contributed by atoms with Crippen LogP contribution in [0.5, 0.6) is 0 Å². The van der Waals surface area contributed by atoms with E-state index in [1.54, 1.807) is 11.3 Å². The van der Waals surface area contributed by atoms with Gasteiger partial charge in [0.15, 0.2) is 0 Å². The van der Waals surface area contributed by atoms with Crippen LogP contribution in [0.3, 0.4) is 0 Å². The second kappa shape index (κ2) is 13.3. The number of aliphatic hydroxyl groups excluding tert-OH is 1. The molecule has 3 amide bonds. The summed E-state index contributed by atoms with van der Waals surface area (Å²) >= 11 is 1.58. The maximum Gasteiger partial charge on any atom is 0.246 e. The first-order chi connectivity index (χ1) is 17.0. The molecule has 9 nitrogen and oxygen atoms in total. The van der Waals surface area contributed by atoms with Gasteiger partial charge >= 0.3 is 0 Å². The Morgan fingerprint density at radius 3 is 2.49 bits per heavy atom. The highest BCUT2D eigenvalue weighted by molar-refractivity contribution is 7.13. The van der Waals surface area contributed by atoms with E-state index in [0.717, 1.165) is 21.7 Å². The SMILES string of the molecule is Cc1ncsc1-c1ccc(CNC(=O)[C@@H]2C[C@@H](O)CN2C(=O)[C@@H](NC(=O)CCCN)C(C)(C)C)cc1.Cl. The van der Waals surface area contributed by atoms with Crippen LogP contribution in [0, 0.1) is 12.3 Å². The summed E-state index contributed by atoms with van der Waals surface area (Å²) in [6.07, 6.45) is 0.0960. The number of nitrogens with one attached hydrogen (secondary N) is 2. The van der Waals surface area contributed by atoms with Crippen molar-refractivity contribution in [2.45, 2.75) is 71.7 Å². The maximum absolute atomic E-state index is 13.5. The largest absolute Gasteiger partial charge is 0.391 e. The van der Waals surface area contributed by atoms with Gasteiger partial charge in [0.2, 0.25) is 17.7 Å². The van der Waals surface area contributed by atoms with Gasteiger partial charge in [-0.15, -0.1) is 23.7 Å². The van der Waals surface area contributed by atoms with Crippen molar-refractivity contribution in [3.05, 3.63) is 41.0 Å². The van der Waals surface area contributed by atoms with E-state index < -0.39 is 23.6 Å². The minimum atomic E-state index is -0.828. The Hall–Kier alpha value is -2.53. The Bertz CT molecular complexity index is 1070. The van der Waals surface area contributed by atoms with E-state index >= 15 is 0 Å². The molecule has 0 unspecified atom stereocenters. The first-order valence-corrected chi connectivity index (χ1v) is 13.1. The van der Waals surface area contributed by atoms with E-state index in [-0.39, 0.29) is 49.5 Å². The number of halogens is 1. The van der Waals surface area contributed by atoms with Crippen LogP contribution >= 0.6 is 23.7 Å². The Morgan fingerprint density at radius 1 is 1.24 bits per heavy atom. The first-order valence-electron chi connectivity index (χ1n) is 12.3. The lowest BCUT2D eigenvalue weighted by Crippen LogP contribution is -2.57. The molecule has 204 valence electrons. The molecule has 2 aromatic rings. The van der Waals surface area contributed by atoms with Crippen molar-refractivity contribution in [3.63, 3.8) is 0 Å². The third-order valence-electron chi connectivity index (χ3n) is 6.32. The number of hydrogen-bond acceptors (Lipinski definition) is 7. The number of aryl methyl sites for hydroxylation is 1. The van der Waals surface area contributed by atoms with Crippen molar-refractivity contribution in [3.8, 4) is 10.4 Å². The molecule has 11 heteroatoms. The topological polar surface area (TPSA) is 138 Å². The molecule has 0 bridgehead atoms. The molecule has 1 aromatic carbocycles. The van der Waals surface area contributed by atoms with Crippen molar-refractivity contribution in [1.29, 1.82) is 0 Å². The van der Waals surface area contributed by atoms with E-state index in [4.69, 9.17) is 5.73 Å². The number of aliphatic hydroxyl groups is 1. The zero-order valence-electron chi connectivity index (χ0n) is 21.8. The number of aromatic nitrogens is 1. The lowest BCUT2D eigenvalue weighted by atomic mass is 9.85. The molecule has 1 aliphatic rings. The highest BCUT2D eigenvalue weighted by atomic mass is 35.5. The number of hydrogen-bond donors (Lipinski definition) is 4. The average Bonchev–Trinajstić information content (AvgIpc) is 3.44. The van der Waals surface area contributed by atoms with Crippen LogP contribution in [0.15, 0.2) is 29.8 Å². The molecule has 3 atom stereocenters. The van der Waals surface area contributed by atoms with Crippen LogP contribution in [-0.4, -0.2) is 64.0 Å². The fraction of sp³-hybridized carbons (Fsp3) is 0.538. The summed E-state index contributed by atoms with van der Waals surface area (Å²) in [4.78, 5) is 45.8. The van der Waals surface area contributed by atoms with Crippen LogP contribution in [-0.2, 0) is 20.9 Å². The normalized spacial score (nSPS) is 18.2. The number of carbonyl (C=O) groups excluding carboxylic acids is 3. The molecule has 0 saturated carbocycles. The molecule has 0 aliphatic carbocycles. The number of benzene rings is 1. The molecular formula is C26H38ClN5O4S. The number of β-amino-alcohol motifs (C(OH)–C–C–N with tert-alkyl or cyclic N) is 1. The third-order valence-corrected chi connectivity index (χ3v) is 7.30. The molecule has 2 heterocycles. The molecule has 1 aromatic heterocycles. The van der Waals surface area contributed by atoms with Crippen molar-refractivity contribution in [2.24, 2.45) is 11.1 Å². The Kier molecular flexibility index (Phi) is 11.0. The summed E-state index contributed by atoms with van der Waals surface area (Å²) in [6, 6.07) is 6.27. The zero-order chi connectivity index (χ0) is 26.5. The second-order valence-corrected chi connectivity index (χ2v) is 11.2. The molecule has 0 spiro atoms. The van der Waals surface area contributed by atoms with E-state index in [0.29, 0.717) is 19.5 Å². The molecule has 0 radical (unpaired) electrons. The van der Waals surface area contributed by atoms with Gasteiger partial charge in [-0.3, -0.25) is 14.4 Å². The van der Waals surface area contributed by atoms with Gasteiger partial charge in [-0.1, -0.05) is 45.0 Å². The maximum atomic E-state index is 13.5. The van der Waals surface area contributed by atoms with Crippen LogP contribution in [0.1, 0.15) is 51.3 Å². The molecule has 5 N–H and O–H groups in total. The van der Waals surface area contributed by atoms with Gasteiger partial charge in [-0.2, -0.15) is 0 Å². The number of nitrogens with two attached hydrogens (primary N) is 1. The van der Waals surface area contributed by atoms with Gasteiger partial charge in [0.05, 0.1) is 22.2 Å². The van der Waals surface area contributed by atoms with Gasteiger partial charge in [-0.05, 0) is 36.4 Å². The first kappa shape index (κ1) is 30.7. The average molecular weight is 552 g/mol. The number of carbonyl (C=O) groups is 3. The van der Waals surface area contributed by atoms with Crippen LogP contribution in [0.25, 0.3) is 10.4 Å². The van der Waals surface area contributed by atoms with Crippen molar-refractivity contribution in [2.75, 3.05) is 13.1 Å².